The van der Waals surface area contributed by atoms with Gasteiger partial charge in [-0.25, -0.2) is 18.7 Å². The molecule has 6 nitrogen and oxygen atoms in total. The SMILES string of the molecule is Cc1nc2c(o1)CN(C(=O)Cc1nc(-c3ccc(F)c(C)c3)cn1-c1ccc(F)cc1)CC2. The largest absolute Gasteiger partial charge is 0.444 e. The van der Waals surface area contributed by atoms with Crippen LogP contribution in [0.4, 0.5) is 8.78 Å². The number of fused-ring (bicyclic) bond motifs is 1. The molecule has 0 saturated heterocycles. The second kappa shape index (κ2) is 8.27. The van der Waals surface area contributed by atoms with E-state index in [1.807, 2.05) is 0 Å². The Labute approximate surface area is 189 Å². The van der Waals surface area contributed by atoms with Gasteiger partial charge in [-0.2, -0.15) is 0 Å². The Hall–Kier alpha value is -3.81. The van der Waals surface area contributed by atoms with Gasteiger partial charge in [0.15, 0.2) is 5.89 Å². The van der Waals surface area contributed by atoms with Gasteiger partial charge in [-0.15, -0.1) is 0 Å². The number of rotatable bonds is 4. The first-order chi connectivity index (χ1) is 15.9. The van der Waals surface area contributed by atoms with Crippen molar-refractivity contribution in [2.75, 3.05) is 6.54 Å². The molecular formula is C25H22F2N4O2. The van der Waals surface area contributed by atoms with Crippen molar-refractivity contribution < 1.29 is 18.0 Å². The fourth-order valence-corrected chi connectivity index (χ4v) is 4.10. The third-order valence-corrected chi connectivity index (χ3v) is 5.84. The Bertz CT molecular complexity index is 1340. The summed E-state index contributed by atoms with van der Waals surface area (Å²) in [5, 5.41) is 0. The highest BCUT2D eigenvalue weighted by Crippen LogP contribution is 2.25. The Morgan fingerprint density at radius 3 is 2.64 bits per heavy atom. The van der Waals surface area contributed by atoms with Gasteiger partial charge in [0.25, 0.3) is 0 Å². The molecule has 0 radical (unpaired) electrons. The van der Waals surface area contributed by atoms with Gasteiger partial charge >= 0.3 is 0 Å². The number of nitrogens with zero attached hydrogens (tertiary/aromatic N) is 4. The quantitative estimate of drug-likeness (QED) is 0.460. The van der Waals surface area contributed by atoms with Crippen molar-refractivity contribution in [3.8, 4) is 16.9 Å². The molecule has 1 aliphatic heterocycles. The van der Waals surface area contributed by atoms with Crippen LogP contribution in [-0.2, 0) is 24.2 Å². The molecule has 5 rings (SSSR count). The van der Waals surface area contributed by atoms with Crippen molar-refractivity contribution in [3.63, 3.8) is 0 Å². The maximum Gasteiger partial charge on any atom is 0.230 e. The predicted molar refractivity (Wildman–Crippen MR) is 118 cm³/mol. The van der Waals surface area contributed by atoms with Crippen LogP contribution in [0.5, 0.6) is 0 Å². The van der Waals surface area contributed by atoms with E-state index in [4.69, 9.17) is 9.40 Å². The standard InChI is InChI=1S/C25H22F2N4O2/c1-15-11-17(3-8-20(15)27)22-13-31(19-6-4-18(26)5-7-19)24(29-22)12-25(32)30-10-9-21-23(14-30)33-16(2)28-21/h3-8,11,13H,9-10,12,14H2,1-2H3. The lowest BCUT2D eigenvalue weighted by Gasteiger charge is -2.25. The lowest BCUT2D eigenvalue weighted by Crippen LogP contribution is -2.37. The molecule has 0 N–H and O–H groups in total. The van der Waals surface area contributed by atoms with Crippen LogP contribution in [0, 0.1) is 25.5 Å². The van der Waals surface area contributed by atoms with Gasteiger partial charge in [0.05, 0.1) is 24.4 Å². The summed E-state index contributed by atoms with van der Waals surface area (Å²) in [4.78, 5) is 24.0. The van der Waals surface area contributed by atoms with E-state index in [0.717, 1.165) is 17.0 Å². The van der Waals surface area contributed by atoms with Crippen molar-refractivity contribution in [3.05, 3.63) is 89.0 Å². The topological polar surface area (TPSA) is 64.2 Å². The molecule has 0 aliphatic carbocycles. The van der Waals surface area contributed by atoms with Crippen LogP contribution < -0.4 is 0 Å². The summed E-state index contributed by atoms with van der Waals surface area (Å²) in [5.74, 6) is 1.10. The second-order valence-corrected chi connectivity index (χ2v) is 8.20. The molecule has 0 spiro atoms. The van der Waals surface area contributed by atoms with Gasteiger partial charge in [-0.05, 0) is 55.0 Å². The summed E-state index contributed by atoms with van der Waals surface area (Å²) < 4.78 is 34.7. The molecule has 0 unspecified atom stereocenters. The average molecular weight is 448 g/mol. The summed E-state index contributed by atoms with van der Waals surface area (Å²) in [6.45, 7) is 4.41. The molecule has 0 fully saturated rings. The summed E-state index contributed by atoms with van der Waals surface area (Å²) in [6.07, 6.45) is 2.49. The molecule has 8 heteroatoms. The van der Waals surface area contributed by atoms with Crippen molar-refractivity contribution in [1.29, 1.82) is 0 Å². The molecule has 1 amide bonds. The first-order valence-corrected chi connectivity index (χ1v) is 10.7. The third-order valence-electron chi connectivity index (χ3n) is 5.84. The zero-order chi connectivity index (χ0) is 23.1. The van der Waals surface area contributed by atoms with Gasteiger partial charge in [0.2, 0.25) is 5.91 Å². The van der Waals surface area contributed by atoms with Crippen LogP contribution >= 0.6 is 0 Å². The number of amides is 1. The molecular weight excluding hydrogens is 426 g/mol. The number of halogens is 2. The van der Waals surface area contributed by atoms with E-state index >= 15 is 0 Å². The van der Waals surface area contributed by atoms with Gasteiger partial charge < -0.3 is 13.9 Å². The molecule has 4 aromatic rings. The first kappa shape index (κ1) is 21.1. The monoisotopic (exact) mass is 448 g/mol. The minimum atomic E-state index is -0.350. The van der Waals surface area contributed by atoms with Crippen LogP contribution in [0.25, 0.3) is 16.9 Å². The van der Waals surface area contributed by atoms with Gasteiger partial charge in [-0.3, -0.25) is 4.79 Å². The van der Waals surface area contributed by atoms with Gasteiger partial charge in [0.1, 0.15) is 23.2 Å². The maximum absolute atomic E-state index is 13.8. The lowest BCUT2D eigenvalue weighted by atomic mass is 10.1. The van der Waals surface area contributed by atoms with E-state index in [2.05, 4.69) is 4.98 Å². The van der Waals surface area contributed by atoms with Crippen LogP contribution in [0.15, 0.2) is 53.1 Å². The van der Waals surface area contributed by atoms with Crippen LogP contribution in [0.2, 0.25) is 0 Å². The summed E-state index contributed by atoms with van der Waals surface area (Å²) in [6, 6.07) is 10.8. The van der Waals surface area contributed by atoms with Crippen LogP contribution in [-0.4, -0.2) is 31.9 Å². The summed E-state index contributed by atoms with van der Waals surface area (Å²) >= 11 is 0. The third kappa shape index (κ3) is 4.16. The Morgan fingerprint density at radius 2 is 1.88 bits per heavy atom. The van der Waals surface area contributed by atoms with E-state index < -0.39 is 0 Å². The van der Waals surface area contributed by atoms with Crippen molar-refractivity contribution in [2.24, 2.45) is 0 Å². The number of oxazole rings is 1. The number of imidazole rings is 1. The Morgan fingerprint density at radius 1 is 1.09 bits per heavy atom. The molecule has 2 aromatic carbocycles. The highest BCUT2D eigenvalue weighted by atomic mass is 19.1. The highest BCUT2D eigenvalue weighted by molar-refractivity contribution is 5.79. The van der Waals surface area contributed by atoms with Crippen LogP contribution in [0.1, 0.15) is 28.7 Å². The highest BCUT2D eigenvalue weighted by Gasteiger charge is 2.26. The molecule has 1 aliphatic rings. The summed E-state index contributed by atoms with van der Waals surface area (Å²) in [7, 11) is 0. The molecule has 0 atom stereocenters. The lowest BCUT2D eigenvalue weighted by molar-refractivity contribution is -0.131. The molecule has 0 bridgehead atoms. The number of hydrogen-bond acceptors (Lipinski definition) is 4. The number of aryl methyl sites for hydroxylation is 2. The summed E-state index contributed by atoms with van der Waals surface area (Å²) in [5.41, 5.74) is 3.44. The zero-order valence-electron chi connectivity index (χ0n) is 18.3. The van der Waals surface area contributed by atoms with Gasteiger partial charge in [-0.1, -0.05) is 0 Å². The van der Waals surface area contributed by atoms with Crippen molar-refractivity contribution >= 4 is 5.91 Å². The first-order valence-electron chi connectivity index (χ1n) is 10.7. The van der Waals surface area contributed by atoms with Crippen LogP contribution in [0.3, 0.4) is 0 Å². The van der Waals surface area contributed by atoms with Crippen molar-refractivity contribution in [1.82, 2.24) is 19.4 Å². The van der Waals surface area contributed by atoms with Crippen molar-refractivity contribution in [2.45, 2.75) is 33.2 Å². The molecule has 2 aromatic heterocycles. The fraction of sp³-hybridized carbons (Fsp3) is 0.240. The molecule has 3 heterocycles. The fourth-order valence-electron chi connectivity index (χ4n) is 4.10. The number of carbonyl (C=O) groups is 1. The van der Waals surface area contributed by atoms with E-state index in [9.17, 15) is 13.6 Å². The Balaban J connectivity index is 1.47. The second-order valence-electron chi connectivity index (χ2n) is 8.20. The number of hydrogen-bond donors (Lipinski definition) is 0. The molecule has 168 valence electrons. The zero-order valence-corrected chi connectivity index (χ0v) is 18.3. The number of carbonyl (C=O) groups excluding carboxylic acids is 1. The smallest absolute Gasteiger partial charge is 0.230 e. The van der Waals surface area contributed by atoms with Gasteiger partial charge in [0, 0.05) is 37.3 Å². The molecule has 0 saturated carbocycles. The number of aromatic nitrogens is 3. The normalized spacial score (nSPS) is 13.3. The minimum Gasteiger partial charge on any atom is -0.444 e. The van der Waals surface area contributed by atoms with E-state index in [1.165, 1.54) is 18.2 Å². The molecule has 33 heavy (non-hydrogen) atoms. The van der Waals surface area contributed by atoms with E-state index in [1.54, 1.807) is 53.8 Å². The maximum atomic E-state index is 13.8. The minimum absolute atomic E-state index is 0.0556. The average Bonchev–Trinajstić information content (AvgIpc) is 3.38. The Kier molecular flexibility index (Phi) is 5.28. The van der Waals surface area contributed by atoms with E-state index in [-0.39, 0.29) is 24.0 Å². The number of benzene rings is 2. The predicted octanol–water partition coefficient (Wildman–Crippen LogP) is 4.55. The van der Waals surface area contributed by atoms with E-state index in [0.29, 0.717) is 48.2 Å².